The number of aliphatic hydroxyl groups excluding tert-OH is 2. The fourth-order valence-electron chi connectivity index (χ4n) is 0.427. The zero-order valence-corrected chi connectivity index (χ0v) is 8.47. The summed E-state index contributed by atoms with van der Waals surface area (Å²) in [6, 6.07) is 0. The van der Waals surface area contributed by atoms with Gasteiger partial charge in [-0.3, -0.25) is 0 Å². The Balaban J connectivity index is 0.000000315. The lowest BCUT2D eigenvalue weighted by molar-refractivity contribution is -0.165. The minimum Gasteiger partial charge on any atom is -0.479 e. The molecule has 0 aliphatic rings. The zero-order chi connectivity index (χ0) is 12.7. The molecule has 10 nitrogen and oxygen atoms in total. The summed E-state index contributed by atoms with van der Waals surface area (Å²) >= 11 is 3.72. The number of nitrogens with zero attached hydrogens (tertiary/aromatic N) is 4. The van der Waals surface area contributed by atoms with Gasteiger partial charge in [0.25, 0.3) is 0 Å². The van der Waals surface area contributed by atoms with Gasteiger partial charge in [-0.15, -0.1) is 5.10 Å². The number of aromatic nitrogens is 4. The Morgan fingerprint density at radius 2 is 1.62 bits per heavy atom. The molecule has 1 heterocycles. The summed E-state index contributed by atoms with van der Waals surface area (Å²) < 4.78 is 1.22. The third-order valence-corrected chi connectivity index (χ3v) is 1.33. The van der Waals surface area contributed by atoms with Gasteiger partial charge in [0.15, 0.2) is 18.5 Å². The highest BCUT2D eigenvalue weighted by Crippen LogP contribution is 1.92. The first-order valence-corrected chi connectivity index (χ1v) is 4.00. The molecule has 2 atom stereocenters. The van der Waals surface area contributed by atoms with Gasteiger partial charge in [-0.1, -0.05) is 0 Å². The Bertz CT molecular complexity index is 325. The highest BCUT2D eigenvalue weighted by atomic mass is 32.1. The number of aliphatic carboxylic acids is 2. The second-order valence-corrected chi connectivity index (χ2v) is 2.71. The molecule has 11 heteroatoms. The highest BCUT2D eigenvalue weighted by Gasteiger charge is 2.29. The maximum absolute atomic E-state index is 9.77. The van der Waals surface area contributed by atoms with E-state index in [-0.39, 0.29) is 0 Å². The number of carboxylic acid groups (broad SMARTS) is 2. The monoisotopic (exact) mass is 252 g/mol. The van der Waals surface area contributed by atoms with Crippen LogP contribution in [0, 0.1) is 0 Å². The molecular weight excluding hydrogens is 244 g/mol. The van der Waals surface area contributed by atoms with E-state index in [1.165, 1.54) is 10.4 Å². The van der Waals surface area contributed by atoms with E-state index in [1.807, 2.05) is 0 Å². The van der Waals surface area contributed by atoms with Crippen LogP contribution in [0.15, 0.2) is 6.33 Å². The first-order chi connectivity index (χ1) is 7.36. The molecule has 16 heavy (non-hydrogen) atoms. The van der Waals surface area contributed by atoms with Crippen molar-refractivity contribution in [1.29, 1.82) is 0 Å². The number of tetrazole rings is 1. The van der Waals surface area contributed by atoms with Crippen LogP contribution in [-0.4, -0.2) is 64.2 Å². The largest absolute Gasteiger partial charge is 0.479 e. The molecule has 90 valence electrons. The maximum Gasteiger partial charge on any atom is 0.335 e. The van der Waals surface area contributed by atoms with Crippen LogP contribution in [0.25, 0.3) is 0 Å². The molecule has 0 saturated carbocycles. The molecule has 0 saturated heterocycles. The van der Waals surface area contributed by atoms with Crippen molar-refractivity contribution in [3.05, 3.63) is 6.33 Å². The minimum absolute atomic E-state index is 1.22. The highest BCUT2D eigenvalue weighted by molar-refractivity contribution is 7.78. The molecule has 0 spiro atoms. The van der Waals surface area contributed by atoms with Crippen LogP contribution in [-0.2, 0) is 9.59 Å². The predicted octanol–water partition coefficient (Wildman–Crippen LogP) is -2.76. The van der Waals surface area contributed by atoms with E-state index >= 15 is 0 Å². The van der Waals surface area contributed by atoms with Crippen molar-refractivity contribution in [3.63, 3.8) is 0 Å². The van der Waals surface area contributed by atoms with Crippen molar-refractivity contribution >= 4 is 24.8 Å². The number of aliphatic hydroxyl groups is 2. The fourth-order valence-corrected chi connectivity index (χ4v) is 0.509. The van der Waals surface area contributed by atoms with E-state index < -0.39 is 24.1 Å². The second-order valence-electron chi connectivity index (χ2n) is 2.30. The van der Waals surface area contributed by atoms with Gasteiger partial charge in [0.05, 0.1) is 0 Å². The van der Waals surface area contributed by atoms with Crippen molar-refractivity contribution in [2.45, 2.75) is 12.2 Å². The molecule has 0 bridgehead atoms. The van der Waals surface area contributed by atoms with Gasteiger partial charge < -0.3 is 20.4 Å². The molecule has 0 aliphatic heterocycles. The molecule has 0 aromatic carbocycles. The van der Waals surface area contributed by atoms with Crippen LogP contribution in [0.1, 0.15) is 0 Å². The van der Waals surface area contributed by atoms with Crippen LogP contribution in [0.2, 0.25) is 0 Å². The van der Waals surface area contributed by atoms with Crippen molar-refractivity contribution in [2.24, 2.45) is 0 Å². The first-order valence-electron chi connectivity index (χ1n) is 3.60. The average molecular weight is 252 g/mol. The van der Waals surface area contributed by atoms with E-state index in [1.54, 1.807) is 0 Å². The first kappa shape index (κ1) is 14.3. The summed E-state index contributed by atoms with van der Waals surface area (Å²) in [7, 11) is 0. The fraction of sp³-hybridized carbons (Fsp3) is 0.400. The van der Waals surface area contributed by atoms with E-state index in [0.29, 0.717) is 0 Å². The lowest BCUT2D eigenvalue weighted by Crippen LogP contribution is -2.39. The van der Waals surface area contributed by atoms with Gasteiger partial charge in [-0.05, 0) is 23.2 Å². The van der Waals surface area contributed by atoms with Crippen molar-refractivity contribution in [2.75, 3.05) is 0 Å². The molecule has 0 amide bonds. The Kier molecular flexibility index (Phi) is 5.99. The third kappa shape index (κ3) is 5.23. The number of hydrogen-bond donors (Lipinski definition) is 5. The summed E-state index contributed by atoms with van der Waals surface area (Å²) in [5, 5.41) is 42.4. The molecule has 0 radical (unpaired) electrons. The van der Waals surface area contributed by atoms with Crippen LogP contribution < -0.4 is 0 Å². The smallest absolute Gasteiger partial charge is 0.335 e. The molecule has 1 aromatic heterocycles. The number of rotatable bonds is 3. The molecule has 1 rings (SSSR count). The Hall–Kier alpha value is -1.72. The molecule has 0 aliphatic carbocycles. The van der Waals surface area contributed by atoms with E-state index in [0.717, 1.165) is 0 Å². The summed E-state index contributed by atoms with van der Waals surface area (Å²) in [4.78, 5) is 19.5. The third-order valence-electron chi connectivity index (χ3n) is 1.14. The van der Waals surface area contributed by atoms with Crippen LogP contribution in [0.5, 0.6) is 0 Å². The normalized spacial score (nSPS) is 13.2. The van der Waals surface area contributed by atoms with Crippen LogP contribution in [0.3, 0.4) is 0 Å². The molecule has 2 unspecified atom stereocenters. The van der Waals surface area contributed by atoms with Crippen LogP contribution >= 0.6 is 12.8 Å². The Morgan fingerprint density at radius 1 is 1.19 bits per heavy atom. The minimum atomic E-state index is -2.27. The van der Waals surface area contributed by atoms with Crippen molar-refractivity contribution in [3.8, 4) is 0 Å². The standard InChI is InChI=1S/C4H6O6.CH2N4S/c5-1(3(7)8)2(6)4(9)10;6-5-1-2-3-4-5/h1-2,5-6H,(H,7,8)(H,9,10);1,6H. The maximum atomic E-state index is 9.77. The Morgan fingerprint density at radius 3 is 1.75 bits per heavy atom. The summed E-state index contributed by atoms with van der Waals surface area (Å²) in [5.41, 5.74) is 0. The van der Waals surface area contributed by atoms with Crippen molar-refractivity contribution < 1.29 is 30.0 Å². The second kappa shape index (κ2) is 6.71. The van der Waals surface area contributed by atoms with E-state index in [4.69, 9.17) is 20.4 Å². The predicted molar refractivity (Wildman–Crippen MR) is 49.5 cm³/mol. The molecule has 0 fully saturated rings. The summed E-state index contributed by atoms with van der Waals surface area (Å²) in [5.74, 6) is -3.54. The zero-order valence-electron chi connectivity index (χ0n) is 7.57. The molecular formula is C5H8N4O6S. The topological polar surface area (TPSA) is 159 Å². The SMILES string of the molecule is O=C(O)C(O)C(O)C(=O)O.Sn1cnnn1. The van der Waals surface area contributed by atoms with Gasteiger partial charge in [-0.25, -0.2) is 9.59 Å². The number of thiol groups is 1. The Labute approximate surface area is 93.7 Å². The van der Waals surface area contributed by atoms with Crippen molar-refractivity contribution in [1.82, 2.24) is 19.6 Å². The van der Waals surface area contributed by atoms with Gasteiger partial charge in [-0.2, -0.15) is 4.09 Å². The quantitative estimate of drug-likeness (QED) is 0.359. The van der Waals surface area contributed by atoms with Crippen LogP contribution in [0.4, 0.5) is 0 Å². The molecule has 1 aromatic rings. The van der Waals surface area contributed by atoms with E-state index in [9.17, 15) is 9.59 Å². The number of carboxylic acids is 2. The van der Waals surface area contributed by atoms with Gasteiger partial charge in [0.1, 0.15) is 0 Å². The number of carbonyl (C=O) groups is 2. The number of hydrogen-bond acceptors (Lipinski definition) is 8. The van der Waals surface area contributed by atoms with E-state index in [2.05, 4.69) is 28.3 Å². The van der Waals surface area contributed by atoms with Gasteiger partial charge in [0, 0.05) is 0 Å². The summed E-state index contributed by atoms with van der Waals surface area (Å²) in [6.07, 6.45) is -3.14. The summed E-state index contributed by atoms with van der Waals surface area (Å²) in [6.45, 7) is 0. The lowest BCUT2D eigenvalue weighted by Gasteiger charge is -2.07. The average Bonchev–Trinajstić information content (AvgIpc) is 2.67. The molecule has 4 N–H and O–H groups in total. The van der Waals surface area contributed by atoms with Gasteiger partial charge in [0.2, 0.25) is 0 Å². The lowest BCUT2D eigenvalue weighted by atomic mass is 10.2. The van der Waals surface area contributed by atoms with Gasteiger partial charge >= 0.3 is 11.9 Å².